The van der Waals surface area contributed by atoms with Crippen LogP contribution in [0.25, 0.3) is 0 Å². The standard InChI is InChI=1S/C13H23NO4/c1-9-7-10(5-6-18-9)12(17)14(4)13(2,3)8-11(15)16/h9-10H,5-8H2,1-4H3,(H,15,16). The van der Waals surface area contributed by atoms with Crippen molar-refractivity contribution in [2.75, 3.05) is 13.7 Å². The molecule has 0 spiro atoms. The van der Waals surface area contributed by atoms with Gasteiger partial charge in [0.1, 0.15) is 0 Å². The molecule has 2 atom stereocenters. The van der Waals surface area contributed by atoms with Crippen LogP contribution < -0.4 is 0 Å². The molecule has 1 aliphatic heterocycles. The van der Waals surface area contributed by atoms with Crippen LogP contribution in [0.5, 0.6) is 0 Å². The number of hydrogen-bond donors (Lipinski definition) is 1. The Morgan fingerprint density at radius 1 is 1.44 bits per heavy atom. The second-order valence-corrected chi connectivity index (χ2v) is 5.68. The van der Waals surface area contributed by atoms with Crippen molar-refractivity contribution >= 4 is 11.9 Å². The van der Waals surface area contributed by atoms with Crippen molar-refractivity contribution in [1.82, 2.24) is 4.90 Å². The van der Waals surface area contributed by atoms with Crippen molar-refractivity contribution in [3.05, 3.63) is 0 Å². The quantitative estimate of drug-likeness (QED) is 0.829. The van der Waals surface area contributed by atoms with Crippen molar-refractivity contribution in [1.29, 1.82) is 0 Å². The summed E-state index contributed by atoms with van der Waals surface area (Å²) in [6.45, 7) is 6.12. The minimum absolute atomic E-state index is 0.0244. The van der Waals surface area contributed by atoms with E-state index < -0.39 is 11.5 Å². The van der Waals surface area contributed by atoms with Gasteiger partial charge in [0.25, 0.3) is 0 Å². The normalized spacial score (nSPS) is 24.7. The maximum atomic E-state index is 12.3. The lowest BCUT2D eigenvalue weighted by atomic mass is 9.91. The average molecular weight is 257 g/mol. The minimum Gasteiger partial charge on any atom is -0.481 e. The van der Waals surface area contributed by atoms with E-state index in [-0.39, 0.29) is 24.3 Å². The molecule has 18 heavy (non-hydrogen) atoms. The number of carboxylic acid groups (broad SMARTS) is 1. The third kappa shape index (κ3) is 3.70. The van der Waals surface area contributed by atoms with E-state index in [0.29, 0.717) is 13.0 Å². The molecular formula is C13H23NO4. The minimum atomic E-state index is -0.889. The molecule has 5 heteroatoms. The van der Waals surface area contributed by atoms with E-state index in [2.05, 4.69) is 0 Å². The average Bonchev–Trinajstić information content (AvgIpc) is 2.25. The smallest absolute Gasteiger partial charge is 0.305 e. The summed E-state index contributed by atoms with van der Waals surface area (Å²) in [7, 11) is 1.69. The Balaban J connectivity index is 2.67. The van der Waals surface area contributed by atoms with E-state index in [1.54, 1.807) is 25.8 Å². The molecule has 0 saturated carbocycles. The monoisotopic (exact) mass is 257 g/mol. The topological polar surface area (TPSA) is 66.8 Å². The molecule has 1 fully saturated rings. The van der Waals surface area contributed by atoms with Gasteiger partial charge in [0.05, 0.1) is 12.5 Å². The first kappa shape index (κ1) is 15.0. The summed E-state index contributed by atoms with van der Waals surface area (Å²) in [5.41, 5.74) is -0.662. The van der Waals surface area contributed by atoms with E-state index in [4.69, 9.17) is 9.84 Å². The Morgan fingerprint density at radius 2 is 2.06 bits per heavy atom. The van der Waals surface area contributed by atoms with Crippen molar-refractivity contribution in [3.8, 4) is 0 Å². The number of amides is 1. The van der Waals surface area contributed by atoms with Gasteiger partial charge in [-0.25, -0.2) is 0 Å². The number of aliphatic carboxylic acids is 1. The molecule has 0 aromatic rings. The van der Waals surface area contributed by atoms with Crippen LogP contribution >= 0.6 is 0 Å². The van der Waals surface area contributed by atoms with Crippen LogP contribution in [0.2, 0.25) is 0 Å². The van der Waals surface area contributed by atoms with E-state index >= 15 is 0 Å². The fourth-order valence-electron chi connectivity index (χ4n) is 2.28. The second-order valence-electron chi connectivity index (χ2n) is 5.68. The zero-order valence-corrected chi connectivity index (χ0v) is 11.6. The highest BCUT2D eigenvalue weighted by atomic mass is 16.5. The number of hydrogen-bond acceptors (Lipinski definition) is 3. The summed E-state index contributed by atoms with van der Waals surface area (Å²) < 4.78 is 5.42. The Bertz CT molecular complexity index is 327. The summed E-state index contributed by atoms with van der Waals surface area (Å²) in [5, 5.41) is 8.87. The molecule has 2 unspecified atom stereocenters. The van der Waals surface area contributed by atoms with Gasteiger partial charge in [0.2, 0.25) is 5.91 Å². The number of carbonyl (C=O) groups is 2. The van der Waals surface area contributed by atoms with Gasteiger partial charge >= 0.3 is 5.97 Å². The number of carbonyl (C=O) groups excluding carboxylic acids is 1. The molecule has 0 bridgehead atoms. The zero-order chi connectivity index (χ0) is 13.9. The zero-order valence-electron chi connectivity index (χ0n) is 11.6. The van der Waals surface area contributed by atoms with Crippen LogP contribution in [0.4, 0.5) is 0 Å². The summed E-state index contributed by atoms with van der Waals surface area (Å²) in [4.78, 5) is 24.7. The molecule has 0 radical (unpaired) electrons. The molecular weight excluding hydrogens is 234 g/mol. The molecule has 0 aromatic heterocycles. The second kappa shape index (κ2) is 5.69. The largest absolute Gasteiger partial charge is 0.481 e. The highest BCUT2D eigenvalue weighted by Crippen LogP contribution is 2.26. The summed E-state index contributed by atoms with van der Waals surface area (Å²) in [6.07, 6.45) is 1.49. The van der Waals surface area contributed by atoms with Gasteiger partial charge in [0.15, 0.2) is 0 Å². The predicted octanol–water partition coefficient (Wildman–Crippen LogP) is 1.51. The van der Waals surface area contributed by atoms with Crippen LogP contribution in [0.3, 0.4) is 0 Å². The summed E-state index contributed by atoms with van der Waals surface area (Å²) >= 11 is 0. The maximum Gasteiger partial charge on any atom is 0.305 e. The van der Waals surface area contributed by atoms with Gasteiger partial charge in [-0.1, -0.05) is 0 Å². The lowest BCUT2D eigenvalue weighted by Crippen LogP contribution is -2.49. The first-order chi connectivity index (χ1) is 8.24. The van der Waals surface area contributed by atoms with Gasteiger partial charge in [-0.2, -0.15) is 0 Å². The fraction of sp³-hybridized carbons (Fsp3) is 0.846. The Hall–Kier alpha value is -1.10. The van der Waals surface area contributed by atoms with Gasteiger partial charge in [-0.15, -0.1) is 0 Å². The molecule has 1 amide bonds. The Kier molecular flexibility index (Phi) is 4.73. The first-order valence-electron chi connectivity index (χ1n) is 6.35. The lowest BCUT2D eigenvalue weighted by Gasteiger charge is -2.38. The number of nitrogens with zero attached hydrogens (tertiary/aromatic N) is 1. The molecule has 1 N–H and O–H groups in total. The fourth-order valence-corrected chi connectivity index (χ4v) is 2.28. The van der Waals surface area contributed by atoms with Crippen molar-refractivity contribution in [2.24, 2.45) is 5.92 Å². The van der Waals surface area contributed by atoms with Crippen LogP contribution in [0.1, 0.15) is 40.0 Å². The van der Waals surface area contributed by atoms with Gasteiger partial charge < -0.3 is 14.7 Å². The SMILES string of the molecule is CC1CC(C(=O)N(C)C(C)(C)CC(=O)O)CCO1. The van der Waals surface area contributed by atoms with Crippen LogP contribution in [0.15, 0.2) is 0 Å². The Morgan fingerprint density at radius 3 is 2.56 bits per heavy atom. The van der Waals surface area contributed by atoms with E-state index in [1.807, 2.05) is 6.92 Å². The molecule has 1 heterocycles. The molecule has 104 valence electrons. The predicted molar refractivity (Wildman–Crippen MR) is 67.2 cm³/mol. The van der Waals surface area contributed by atoms with Crippen molar-refractivity contribution < 1.29 is 19.4 Å². The van der Waals surface area contributed by atoms with Gasteiger partial charge in [-0.05, 0) is 33.6 Å². The van der Waals surface area contributed by atoms with Crippen molar-refractivity contribution in [3.63, 3.8) is 0 Å². The molecule has 1 rings (SSSR count). The lowest BCUT2D eigenvalue weighted by molar-refractivity contribution is -0.147. The molecule has 0 aliphatic carbocycles. The Labute approximate surface area is 108 Å². The molecule has 1 aliphatic rings. The molecule has 0 aromatic carbocycles. The summed E-state index contributed by atoms with van der Waals surface area (Å²) in [5.74, 6) is -0.914. The van der Waals surface area contributed by atoms with Crippen molar-refractivity contribution in [2.45, 2.75) is 51.7 Å². The summed E-state index contributed by atoms with van der Waals surface area (Å²) in [6, 6.07) is 0. The first-order valence-corrected chi connectivity index (χ1v) is 6.35. The van der Waals surface area contributed by atoms with E-state index in [1.165, 1.54) is 0 Å². The molecule has 5 nitrogen and oxygen atoms in total. The van der Waals surface area contributed by atoms with Crippen LogP contribution in [0, 0.1) is 5.92 Å². The number of carboxylic acids is 1. The van der Waals surface area contributed by atoms with E-state index in [0.717, 1.165) is 6.42 Å². The third-order valence-electron chi connectivity index (χ3n) is 3.66. The molecule has 1 saturated heterocycles. The van der Waals surface area contributed by atoms with Gasteiger partial charge in [0, 0.05) is 25.1 Å². The maximum absolute atomic E-state index is 12.3. The highest BCUT2D eigenvalue weighted by molar-refractivity contribution is 5.80. The van der Waals surface area contributed by atoms with E-state index in [9.17, 15) is 9.59 Å². The highest BCUT2D eigenvalue weighted by Gasteiger charge is 2.35. The number of ether oxygens (including phenoxy) is 1. The number of rotatable bonds is 4. The van der Waals surface area contributed by atoms with Crippen LogP contribution in [-0.4, -0.2) is 47.2 Å². The van der Waals surface area contributed by atoms with Gasteiger partial charge in [-0.3, -0.25) is 9.59 Å². The van der Waals surface area contributed by atoms with Crippen LogP contribution in [-0.2, 0) is 14.3 Å². The third-order valence-corrected chi connectivity index (χ3v) is 3.66.